The Morgan fingerprint density at radius 1 is 1.25 bits per heavy atom. The van der Waals surface area contributed by atoms with Crippen molar-refractivity contribution >= 4 is 34.7 Å². The van der Waals surface area contributed by atoms with E-state index in [-0.39, 0.29) is 17.7 Å². The van der Waals surface area contributed by atoms with Crippen molar-refractivity contribution in [1.29, 1.82) is 0 Å². The molecule has 0 saturated carbocycles. The van der Waals surface area contributed by atoms with Crippen LogP contribution in [0.4, 0.5) is 0 Å². The number of H-pyrrole nitrogens is 1. The minimum atomic E-state index is -0.241. The van der Waals surface area contributed by atoms with Gasteiger partial charge in [-0.05, 0) is 35.6 Å². The molecule has 5 rings (SSSR count). The lowest BCUT2D eigenvalue weighted by Gasteiger charge is -2.19. The van der Waals surface area contributed by atoms with Gasteiger partial charge < -0.3 is 4.42 Å². The number of furan rings is 1. The zero-order chi connectivity index (χ0) is 21.9. The number of aromatic nitrogens is 3. The molecule has 0 spiro atoms. The fourth-order valence-electron chi connectivity index (χ4n) is 3.57. The minimum absolute atomic E-state index is 0.110. The number of amides is 1. The van der Waals surface area contributed by atoms with E-state index >= 15 is 0 Å². The van der Waals surface area contributed by atoms with Crippen molar-refractivity contribution < 1.29 is 9.21 Å². The summed E-state index contributed by atoms with van der Waals surface area (Å²) in [5.74, 6) is 1.50. The summed E-state index contributed by atoms with van der Waals surface area (Å²) in [7, 11) is 0. The van der Waals surface area contributed by atoms with Crippen molar-refractivity contribution in [2.45, 2.75) is 31.0 Å². The van der Waals surface area contributed by atoms with Crippen LogP contribution in [0, 0.1) is 0 Å². The average Bonchev–Trinajstić information content (AvgIpc) is 3.63. The molecule has 1 N–H and O–H groups in total. The third-order valence-electron chi connectivity index (χ3n) is 5.27. The number of aryl methyl sites for hydroxylation is 1. The maximum atomic E-state index is 13.1. The molecule has 4 aromatic rings. The van der Waals surface area contributed by atoms with Crippen LogP contribution < -0.4 is 0 Å². The molecule has 1 aromatic carbocycles. The van der Waals surface area contributed by atoms with E-state index in [0.717, 1.165) is 28.3 Å². The molecule has 0 saturated heterocycles. The summed E-state index contributed by atoms with van der Waals surface area (Å²) in [5, 5.41) is 15.9. The van der Waals surface area contributed by atoms with Gasteiger partial charge in [-0.3, -0.25) is 9.89 Å². The van der Waals surface area contributed by atoms with Gasteiger partial charge in [0.1, 0.15) is 11.8 Å². The largest absolute Gasteiger partial charge is 0.467 e. The van der Waals surface area contributed by atoms with Crippen LogP contribution in [0.25, 0.3) is 11.4 Å². The molecule has 162 valence electrons. The average molecular weight is 464 g/mol. The van der Waals surface area contributed by atoms with Crippen molar-refractivity contribution in [2.24, 2.45) is 5.10 Å². The van der Waals surface area contributed by atoms with Gasteiger partial charge in [-0.25, -0.2) is 9.99 Å². The van der Waals surface area contributed by atoms with E-state index in [1.54, 1.807) is 17.6 Å². The lowest BCUT2D eigenvalue weighted by atomic mass is 10.1. The summed E-state index contributed by atoms with van der Waals surface area (Å²) in [5.41, 5.74) is 3.14. The van der Waals surface area contributed by atoms with Crippen LogP contribution in [0.1, 0.15) is 35.6 Å². The molecule has 4 heterocycles. The normalized spacial score (nSPS) is 15.8. The van der Waals surface area contributed by atoms with Crippen LogP contribution in [0.2, 0.25) is 0 Å². The van der Waals surface area contributed by atoms with Crippen LogP contribution in [-0.4, -0.2) is 37.6 Å². The predicted octanol–water partition coefficient (Wildman–Crippen LogP) is 5.16. The van der Waals surface area contributed by atoms with Crippen molar-refractivity contribution in [3.8, 4) is 11.4 Å². The maximum absolute atomic E-state index is 13.1. The van der Waals surface area contributed by atoms with E-state index in [0.29, 0.717) is 17.4 Å². The molecule has 9 heteroatoms. The molecule has 1 amide bonds. The van der Waals surface area contributed by atoms with E-state index in [2.05, 4.69) is 39.3 Å². The maximum Gasteiger partial charge on any atom is 0.253 e. The van der Waals surface area contributed by atoms with E-state index < -0.39 is 0 Å². The number of hydrogen-bond donors (Lipinski definition) is 1. The number of rotatable bonds is 7. The molecule has 3 aromatic heterocycles. The molecular weight excluding hydrogens is 442 g/mol. The summed E-state index contributed by atoms with van der Waals surface area (Å²) >= 11 is 2.91. The molecule has 0 radical (unpaired) electrons. The summed E-state index contributed by atoms with van der Waals surface area (Å²) < 4.78 is 5.59. The molecule has 1 aliphatic rings. The monoisotopic (exact) mass is 463 g/mol. The Kier molecular flexibility index (Phi) is 5.91. The fraction of sp³-hybridized carbons (Fsp3) is 0.217. The van der Waals surface area contributed by atoms with E-state index in [1.807, 2.05) is 41.8 Å². The lowest BCUT2D eigenvalue weighted by molar-refractivity contribution is -0.130. The first-order valence-corrected chi connectivity index (χ1v) is 12.2. The van der Waals surface area contributed by atoms with Crippen molar-refractivity contribution in [3.63, 3.8) is 0 Å². The second-order valence-electron chi connectivity index (χ2n) is 7.30. The van der Waals surface area contributed by atoms with Crippen LogP contribution >= 0.6 is 23.1 Å². The van der Waals surface area contributed by atoms with E-state index in [9.17, 15) is 4.79 Å². The van der Waals surface area contributed by atoms with Gasteiger partial charge in [0, 0.05) is 12.0 Å². The molecule has 0 bridgehead atoms. The number of nitrogens with zero attached hydrogens (tertiary/aromatic N) is 4. The molecule has 1 unspecified atom stereocenters. The summed E-state index contributed by atoms with van der Waals surface area (Å²) in [6, 6.07) is 15.7. The number of carbonyl (C=O) groups excluding carboxylic acids is 1. The molecule has 0 fully saturated rings. The smallest absolute Gasteiger partial charge is 0.253 e. The SMILES string of the molecule is CCc1ccc(-c2nc(SCC(=O)N3N=C(c4cccs4)CC3c3ccco3)n[nH]2)cc1. The van der Waals surface area contributed by atoms with Crippen molar-refractivity contribution in [2.75, 3.05) is 5.75 Å². The predicted molar refractivity (Wildman–Crippen MR) is 126 cm³/mol. The van der Waals surface area contributed by atoms with Crippen LogP contribution in [0.15, 0.2) is 74.8 Å². The lowest BCUT2D eigenvalue weighted by Crippen LogP contribution is -2.28. The van der Waals surface area contributed by atoms with Crippen molar-refractivity contribution in [3.05, 3.63) is 76.4 Å². The van der Waals surface area contributed by atoms with Crippen LogP contribution in [-0.2, 0) is 11.2 Å². The van der Waals surface area contributed by atoms with E-state index in [4.69, 9.17) is 4.42 Å². The van der Waals surface area contributed by atoms with Gasteiger partial charge >= 0.3 is 0 Å². The number of aromatic amines is 1. The number of nitrogens with one attached hydrogen (secondary N) is 1. The highest BCUT2D eigenvalue weighted by Gasteiger charge is 2.35. The number of thiophene rings is 1. The molecule has 7 nitrogen and oxygen atoms in total. The second-order valence-corrected chi connectivity index (χ2v) is 9.19. The van der Waals surface area contributed by atoms with Gasteiger partial charge in [-0.15, -0.1) is 16.4 Å². The quantitative estimate of drug-likeness (QED) is 0.383. The highest BCUT2D eigenvalue weighted by Crippen LogP contribution is 2.34. The van der Waals surface area contributed by atoms with Crippen molar-refractivity contribution in [1.82, 2.24) is 20.2 Å². The number of hydrazone groups is 1. The first kappa shape index (κ1) is 20.7. The van der Waals surface area contributed by atoms with Gasteiger partial charge in [0.05, 0.1) is 22.6 Å². The summed E-state index contributed by atoms with van der Waals surface area (Å²) in [6.07, 6.45) is 3.24. The molecule has 1 aliphatic heterocycles. The van der Waals surface area contributed by atoms with Gasteiger partial charge in [0.2, 0.25) is 5.16 Å². The summed E-state index contributed by atoms with van der Waals surface area (Å²) in [6.45, 7) is 2.12. The number of thioether (sulfide) groups is 1. The molecule has 32 heavy (non-hydrogen) atoms. The number of hydrogen-bond acceptors (Lipinski definition) is 7. The highest BCUT2D eigenvalue weighted by molar-refractivity contribution is 7.99. The zero-order valence-electron chi connectivity index (χ0n) is 17.4. The van der Waals surface area contributed by atoms with Crippen LogP contribution in [0.3, 0.4) is 0 Å². The van der Waals surface area contributed by atoms with Gasteiger partial charge in [-0.1, -0.05) is 49.0 Å². The van der Waals surface area contributed by atoms with E-state index in [1.165, 1.54) is 22.3 Å². The first-order valence-electron chi connectivity index (χ1n) is 10.3. The second kappa shape index (κ2) is 9.13. The number of benzene rings is 1. The minimum Gasteiger partial charge on any atom is -0.467 e. The third kappa shape index (κ3) is 4.26. The zero-order valence-corrected chi connectivity index (χ0v) is 19.0. The van der Waals surface area contributed by atoms with Gasteiger partial charge in [0.25, 0.3) is 5.91 Å². The number of carbonyl (C=O) groups is 1. The Labute approximate surface area is 193 Å². The molecular formula is C23H21N5O2S2. The first-order chi connectivity index (χ1) is 15.7. The van der Waals surface area contributed by atoms with Gasteiger partial charge in [0.15, 0.2) is 5.82 Å². The highest BCUT2D eigenvalue weighted by atomic mass is 32.2. The van der Waals surface area contributed by atoms with Crippen LogP contribution in [0.5, 0.6) is 0 Å². The fourth-order valence-corrected chi connectivity index (χ4v) is 4.94. The standard InChI is InChI=1S/C23H21N5O2S2/c1-2-15-7-9-16(10-8-15)22-24-23(26-25-22)32-14-21(29)28-18(19-5-3-11-30-19)13-17(27-28)20-6-4-12-31-20/h3-12,18H,2,13-14H2,1H3,(H,24,25,26). The topological polar surface area (TPSA) is 87.4 Å². The third-order valence-corrected chi connectivity index (χ3v) is 7.02. The Bertz CT molecular complexity index is 1210. The summed E-state index contributed by atoms with van der Waals surface area (Å²) in [4.78, 5) is 18.7. The Morgan fingerprint density at radius 2 is 2.12 bits per heavy atom. The Balaban J connectivity index is 1.28. The van der Waals surface area contributed by atoms with Gasteiger partial charge in [-0.2, -0.15) is 5.10 Å². The Hall–Kier alpha value is -3.17. The molecule has 1 atom stereocenters. The molecule has 0 aliphatic carbocycles. The Morgan fingerprint density at radius 3 is 2.84 bits per heavy atom.